The highest BCUT2D eigenvalue weighted by atomic mass is 16.5. The summed E-state index contributed by atoms with van der Waals surface area (Å²) in [6, 6.07) is 8.56. The first-order valence-corrected chi connectivity index (χ1v) is 14.6. The van der Waals surface area contributed by atoms with Gasteiger partial charge in [-0.1, -0.05) is 63.3 Å². The number of hydrogen-bond donors (Lipinski definition) is 3. The van der Waals surface area contributed by atoms with Crippen LogP contribution in [-0.4, -0.2) is 55.1 Å². The molecule has 0 saturated heterocycles. The van der Waals surface area contributed by atoms with E-state index in [1.54, 1.807) is 25.2 Å². The SMILES string of the molecule is COC(=O)[C@@H](C)CC(Cc1ccccc1)NC(=O)C1C=CC=C(C(CC(NC(=O)CC2CC2)C(C)C)OC(C)=O)N1. The second-order valence-electron chi connectivity index (χ2n) is 11.6. The molecule has 1 aromatic carbocycles. The Morgan fingerprint density at radius 2 is 1.73 bits per heavy atom. The summed E-state index contributed by atoms with van der Waals surface area (Å²) in [6.45, 7) is 7.18. The Kier molecular flexibility index (Phi) is 12.0. The molecule has 9 heteroatoms. The van der Waals surface area contributed by atoms with Gasteiger partial charge in [-0.15, -0.1) is 0 Å². The van der Waals surface area contributed by atoms with Crippen molar-refractivity contribution in [2.75, 3.05) is 7.11 Å². The van der Waals surface area contributed by atoms with Crippen molar-refractivity contribution < 1.29 is 28.7 Å². The van der Waals surface area contributed by atoms with E-state index in [1.165, 1.54) is 14.0 Å². The van der Waals surface area contributed by atoms with Gasteiger partial charge in [0.15, 0.2) is 0 Å². The average Bonchev–Trinajstić information content (AvgIpc) is 3.75. The molecule has 2 amide bonds. The minimum Gasteiger partial charge on any atom is -0.469 e. The lowest BCUT2D eigenvalue weighted by Gasteiger charge is -2.32. The average molecular weight is 568 g/mol. The minimum atomic E-state index is -0.707. The number of benzene rings is 1. The summed E-state index contributed by atoms with van der Waals surface area (Å²) in [6.07, 6.45) is 8.69. The number of esters is 2. The quantitative estimate of drug-likeness (QED) is 0.277. The molecular formula is C32H45N3O6. The smallest absolute Gasteiger partial charge is 0.308 e. The van der Waals surface area contributed by atoms with Gasteiger partial charge >= 0.3 is 11.9 Å². The maximum absolute atomic E-state index is 13.5. The molecule has 41 heavy (non-hydrogen) atoms. The van der Waals surface area contributed by atoms with Crippen LogP contribution in [0.5, 0.6) is 0 Å². The van der Waals surface area contributed by atoms with Crippen LogP contribution in [0.25, 0.3) is 0 Å². The van der Waals surface area contributed by atoms with Crippen LogP contribution in [0.3, 0.4) is 0 Å². The third kappa shape index (κ3) is 10.7. The van der Waals surface area contributed by atoms with Crippen molar-refractivity contribution in [3.05, 3.63) is 59.8 Å². The van der Waals surface area contributed by atoms with Crippen LogP contribution in [-0.2, 0) is 35.1 Å². The number of amides is 2. The molecule has 1 aromatic rings. The highest BCUT2D eigenvalue weighted by Gasteiger charge is 2.32. The molecule has 3 rings (SSSR count). The van der Waals surface area contributed by atoms with Crippen molar-refractivity contribution in [1.29, 1.82) is 0 Å². The van der Waals surface area contributed by atoms with E-state index in [9.17, 15) is 19.2 Å². The molecule has 1 aliphatic carbocycles. The topological polar surface area (TPSA) is 123 Å². The van der Waals surface area contributed by atoms with Crippen molar-refractivity contribution >= 4 is 23.8 Å². The zero-order valence-corrected chi connectivity index (χ0v) is 24.9. The van der Waals surface area contributed by atoms with Gasteiger partial charge in [-0.05, 0) is 49.2 Å². The van der Waals surface area contributed by atoms with E-state index in [1.807, 2.05) is 44.2 Å². The maximum atomic E-state index is 13.5. The maximum Gasteiger partial charge on any atom is 0.308 e. The predicted molar refractivity (Wildman–Crippen MR) is 156 cm³/mol. The minimum absolute atomic E-state index is 0.0150. The normalized spacial score (nSPS) is 19.2. The summed E-state index contributed by atoms with van der Waals surface area (Å²) >= 11 is 0. The Hall–Kier alpha value is -3.62. The number of hydrogen-bond acceptors (Lipinski definition) is 7. The third-order valence-electron chi connectivity index (χ3n) is 7.54. The van der Waals surface area contributed by atoms with E-state index >= 15 is 0 Å². The zero-order chi connectivity index (χ0) is 29.9. The fraction of sp³-hybridized carbons (Fsp3) is 0.562. The summed E-state index contributed by atoms with van der Waals surface area (Å²) < 4.78 is 10.6. The number of nitrogens with one attached hydrogen (secondary N) is 3. The summed E-state index contributed by atoms with van der Waals surface area (Å²) in [7, 11) is 1.36. The van der Waals surface area contributed by atoms with Crippen LogP contribution in [0.1, 0.15) is 65.4 Å². The van der Waals surface area contributed by atoms with Crippen LogP contribution in [0.2, 0.25) is 0 Å². The fourth-order valence-electron chi connectivity index (χ4n) is 5.02. The van der Waals surface area contributed by atoms with Gasteiger partial charge in [0.05, 0.1) is 18.7 Å². The Balaban J connectivity index is 1.69. The highest BCUT2D eigenvalue weighted by Crippen LogP contribution is 2.32. The van der Waals surface area contributed by atoms with E-state index in [-0.39, 0.29) is 35.8 Å². The summed E-state index contributed by atoms with van der Waals surface area (Å²) in [5.41, 5.74) is 1.63. The first-order valence-electron chi connectivity index (χ1n) is 14.6. The van der Waals surface area contributed by atoms with Crippen LogP contribution in [0, 0.1) is 17.8 Å². The van der Waals surface area contributed by atoms with Gasteiger partial charge in [0.25, 0.3) is 0 Å². The molecule has 1 aliphatic heterocycles. The third-order valence-corrected chi connectivity index (χ3v) is 7.54. The Morgan fingerprint density at radius 3 is 2.34 bits per heavy atom. The molecule has 0 spiro atoms. The van der Waals surface area contributed by atoms with Crippen molar-refractivity contribution in [3.63, 3.8) is 0 Å². The summed E-state index contributed by atoms with van der Waals surface area (Å²) in [4.78, 5) is 50.2. The van der Waals surface area contributed by atoms with Gasteiger partial charge in [-0.25, -0.2) is 0 Å². The van der Waals surface area contributed by atoms with Crippen molar-refractivity contribution in [1.82, 2.24) is 16.0 Å². The number of dihydropyridines is 1. The second kappa shape index (κ2) is 15.4. The lowest BCUT2D eigenvalue weighted by atomic mass is 9.94. The van der Waals surface area contributed by atoms with Gasteiger partial charge in [-0.3, -0.25) is 19.2 Å². The summed E-state index contributed by atoms with van der Waals surface area (Å²) in [5.74, 6) is -0.821. The number of carbonyl (C=O) groups excluding carboxylic acids is 4. The molecule has 4 unspecified atom stereocenters. The molecule has 0 aromatic heterocycles. The van der Waals surface area contributed by atoms with Gasteiger partial charge in [-0.2, -0.15) is 0 Å². The first-order chi connectivity index (χ1) is 19.5. The molecule has 0 radical (unpaired) electrons. The Morgan fingerprint density at radius 1 is 1.02 bits per heavy atom. The van der Waals surface area contributed by atoms with Gasteiger partial charge in [0, 0.05) is 31.8 Å². The van der Waals surface area contributed by atoms with Crippen LogP contribution < -0.4 is 16.0 Å². The predicted octanol–water partition coefficient (Wildman–Crippen LogP) is 3.59. The van der Waals surface area contributed by atoms with Gasteiger partial charge in [0.2, 0.25) is 11.8 Å². The lowest BCUT2D eigenvalue weighted by Crippen LogP contribution is -2.50. The number of carbonyl (C=O) groups is 4. The molecule has 9 nitrogen and oxygen atoms in total. The summed E-state index contributed by atoms with van der Waals surface area (Å²) in [5, 5.41) is 9.46. The fourth-order valence-corrected chi connectivity index (χ4v) is 5.02. The van der Waals surface area contributed by atoms with Crippen LogP contribution >= 0.6 is 0 Å². The largest absolute Gasteiger partial charge is 0.469 e. The van der Waals surface area contributed by atoms with E-state index in [0.717, 1.165) is 18.4 Å². The first kappa shape index (κ1) is 31.9. The highest BCUT2D eigenvalue weighted by molar-refractivity contribution is 5.85. The van der Waals surface area contributed by atoms with Crippen molar-refractivity contribution in [2.45, 2.75) is 90.4 Å². The standard InChI is InChI=1S/C32H45N3O6/c1-20(2)28(35-30(37)18-24-14-15-24)19-29(41-22(4)36)26-12-9-13-27(34-26)31(38)33-25(16-21(3)32(39)40-5)17-23-10-7-6-8-11-23/h6-13,20-21,24-25,27-29,34H,14-19H2,1-5H3,(H,33,38)(H,35,37)/t21-,25?,27?,28?,29?/m0/s1. The zero-order valence-electron chi connectivity index (χ0n) is 24.9. The van der Waals surface area contributed by atoms with Crippen molar-refractivity contribution in [3.8, 4) is 0 Å². The number of methoxy groups -OCH3 is 1. The number of ether oxygens (including phenoxy) is 2. The second-order valence-corrected chi connectivity index (χ2v) is 11.6. The van der Waals surface area contributed by atoms with Gasteiger partial charge < -0.3 is 25.4 Å². The monoisotopic (exact) mass is 567 g/mol. The Bertz CT molecular complexity index is 1110. The lowest BCUT2D eigenvalue weighted by molar-refractivity contribution is -0.146. The molecule has 1 saturated carbocycles. The van der Waals surface area contributed by atoms with Crippen molar-refractivity contribution in [2.24, 2.45) is 17.8 Å². The van der Waals surface area contributed by atoms with E-state index in [0.29, 0.717) is 37.3 Å². The molecule has 5 atom stereocenters. The molecule has 1 fully saturated rings. The van der Waals surface area contributed by atoms with E-state index in [4.69, 9.17) is 9.47 Å². The molecule has 0 bridgehead atoms. The molecule has 3 N–H and O–H groups in total. The molecule has 2 aliphatic rings. The number of allylic oxidation sites excluding steroid dienone is 2. The van der Waals surface area contributed by atoms with Gasteiger partial charge in [0.1, 0.15) is 12.1 Å². The molecule has 224 valence electrons. The Labute approximate surface area is 243 Å². The van der Waals surface area contributed by atoms with Crippen LogP contribution in [0.15, 0.2) is 54.3 Å². The molecular weight excluding hydrogens is 522 g/mol. The number of rotatable bonds is 15. The van der Waals surface area contributed by atoms with Crippen LogP contribution in [0.4, 0.5) is 0 Å². The molecule has 1 heterocycles. The van der Waals surface area contributed by atoms with E-state index < -0.39 is 24.0 Å². The van der Waals surface area contributed by atoms with E-state index in [2.05, 4.69) is 16.0 Å².